The van der Waals surface area contributed by atoms with E-state index in [-0.39, 0.29) is 24.2 Å². The van der Waals surface area contributed by atoms with Crippen LogP contribution in [0.3, 0.4) is 0 Å². The third-order valence-corrected chi connectivity index (χ3v) is 2.07. The van der Waals surface area contributed by atoms with Gasteiger partial charge in [-0.05, 0) is 24.1 Å². The summed E-state index contributed by atoms with van der Waals surface area (Å²) in [5.41, 5.74) is 11.1. The highest BCUT2D eigenvalue weighted by Crippen LogP contribution is 2.14. The van der Waals surface area contributed by atoms with Crippen LogP contribution in [0.4, 0.5) is 0 Å². The van der Waals surface area contributed by atoms with Gasteiger partial charge in [-0.1, -0.05) is 6.07 Å². The van der Waals surface area contributed by atoms with E-state index in [0.717, 1.165) is 0 Å². The fraction of sp³-hybridized carbons (Fsp3) is 0.200. The first-order valence-corrected chi connectivity index (χ1v) is 4.40. The highest BCUT2D eigenvalue weighted by Gasteiger charge is 2.14. The van der Waals surface area contributed by atoms with Crippen molar-refractivity contribution >= 4 is 11.8 Å². The minimum Gasteiger partial charge on any atom is -0.396 e. The second-order valence-corrected chi connectivity index (χ2v) is 3.03. The normalized spacial score (nSPS) is 9.93. The SMILES string of the molecule is NC(=O)c1cccc(C(N)=O)c1CCO. The van der Waals surface area contributed by atoms with Crippen LogP contribution in [0, 0.1) is 0 Å². The molecular weight excluding hydrogens is 196 g/mol. The Kier molecular flexibility index (Phi) is 3.41. The highest BCUT2D eigenvalue weighted by atomic mass is 16.3. The van der Waals surface area contributed by atoms with Crippen molar-refractivity contribution in [3.63, 3.8) is 0 Å². The standard InChI is InChI=1S/C10H12N2O3/c11-9(14)7-2-1-3-8(10(12)15)6(7)4-5-13/h1-3,13H,4-5H2,(H2,11,14)(H2,12,15). The molecule has 0 atom stereocenters. The number of carbonyl (C=O) groups excluding carboxylic acids is 2. The van der Waals surface area contributed by atoms with Gasteiger partial charge in [-0.2, -0.15) is 0 Å². The lowest BCUT2D eigenvalue weighted by Crippen LogP contribution is -2.20. The molecule has 0 bridgehead atoms. The van der Waals surface area contributed by atoms with E-state index in [0.29, 0.717) is 5.56 Å². The minimum absolute atomic E-state index is 0.176. The lowest BCUT2D eigenvalue weighted by molar-refractivity contribution is 0.0999. The Morgan fingerprint density at radius 2 is 1.60 bits per heavy atom. The van der Waals surface area contributed by atoms with E-state index in [1.807, 2.05) is 0 Å². The fourth-order valence-corrected chi connectivity index (χ4v) is 1.43. The van der Waals surface area contributed by atoms with Crippen LogP contribution in [0.5, 0.6) is 0 Å². The van der Waals surface area contributed by atoms with Crippen LogP contribution >= 0.6 is 0 Å². The number of rotatable bonds is 4. The Morgan fingerprint density at radius 3 is 1.93 bits per heavy atom. The van der Waals surface area contributed by atoms with Crippen molar-refractivity contribution in [2.45, 2.75) is 6.42 Å². The number of aliphatic hydroxyl groups excluding tert-OH is 1. The Hall–Kier alpha value is -1.88. The van der Waals surface area contributed by atoms with Gasteiger partial charge >= 0.3 is 0 Å². The van der Waals surface area contributed by atoms with Crippen LogP contribution in [-0.2, 0) is 6.42 Å². The molecule has 0 fully saturated rings. The minimum atomic E-state index is -0.637. The maximum Gasteiger partial charge on any atom is 0.249 e. The van der Waals surface area contributed by atoms with E-state index in [2.05, 4.69) is 0 Å². The molecule has 0 spiro atoms. The van der Waals surface area contributed by atoms with Gasteiger partial charge < -0.3 is 16.6 Å². The van der Waals surface area contributed by atoms with Crippen molar-refractivity contribution in [2.75, 3.05) is 6.61 Å². The average Bonchev–Trinajstić information content (AvgIpc) is 2.17. The fourth-order valence-electron chi connectivity index (χ4n) is 1.43. The summed E-state index contributed by atoms with van der Waals surface area (Å²) in [7, 11) is 0. The number of amides is 2. The molecule has 5 nitrogen and oxygen atoms in total. The number of benzene rings is 1. The van der Waals surface area contributed by atoms with Crippen LogP contribution in [-0.4, -0.2) is 23.5 Å². The van der Waals surface area contributed by atoms with E-state index in [1.165, 1.54) is 18.2 Å². The zero-order valence-electron chi connectivity index (χ0n) is 8.06. The number of hydrogen-bond acceptors (Lipinski definition) is 3. The van der Waals surface area contributed by atoms with Crippen LogP contribution in [0.15, 0.2) is 18.2 Å². The quantitative estimate of drug-likeness (QED) is 0.616. The van der Waals surface area contributed by atoms with Crippen molar-refractivity contribution in [1.82, 2.24) is 0 Å². The van der Waals surface area contributed by atoms with Crippen molar-refractivity contribution in [3.05, 3.63) is 34.9 Å². The summed E-state index contributed by atoms with van der Waals surface area (Å²) >= 11 is 0. The van der Waals surface area contributed by atoms with Gasteiger partial charge in [-0.15, -0.1) is 0 Å². The van der Waals surface area contributed by atoms with Gasteiger partial charge in [-0.25, -0.2) is 0 Å². The predicted molar refractivity (Wildman–Crippen MR) is 54.3 cm³/mol. The summed E-state index contributed by atoms with van der Waals surface area (Å²) in [5.74, 6) is -1.27. The summed E-state index contributed by atoms with van der Waals surface area (Å²) in [6, 6.07) is 4.53. The summed E-state index contributed by atoms with van der Waals surface area (Å²) < 4.78 is 0. The Morgan fingerprint density at radius 1 is 1.13 bits per heavy atom. The first kappa shape index (κ1) is 11.2. The number of carbonyl (C=O) groups is 2. The summed E-state index contributed by atoms with van der Waals surface area (Å²) in [6.07, 6.45) is 0.178. The van der Waals surface area contributed by atoms with E-state index >= 15 is 0 Å². The van der Waals surface area contributed by atoms with Crippen molar-refractivity contribution in [1.29, 1.82) is 0 Å². The predicted octanol–water partition coefficient (Wildman–Crippen LogP) is -0.581. The smallest absolute Gasteiger partial charge is 0.249 e. The van der Waals surface area contributed by atoms with Crippen molar-refractivity contribution in [3.8, 4) is 0 Å². The molecule has 5 N–H and O–H groups in total. The van der Waals surface area contributed by atoms with E-state index in [1.54, 1.807) is 0 Å². The molecule has 0 radical (unpaired) electrons. The molecule has 0 saturated carbocycles. The maximum atomic E-state index is 11.1. The van der Waals surface area contributed by atoms with Gasteiger partial charge in [0.15, 0.2) is 0 Å². The van der Waals surface area contributed by atoms with Crippen LogP contribution in [0.25, 0.3) is 0 Å². The number of aliphatic hydroxyl groups is 1. The van der Waals surface area contributed by atoms with Gasteiger partial charge in [0.05, 0.1) is 0 Å². The van der Waals surface area contributed by atoms with Crippen molar-refractivity contribution < 1.29 is 14.7 Å². The highest BCUT2D eigenvalue weighted by molar-refractivity contribution is 6.01. The molecule has 0 saturated heterocycles. The molecule has 0 aliphatic carbocycles. The van der Waals surface area contributed by atoms with Gasteiger partial charge in [-0.3, -0.25) is 9.59 Å². The largest absolute Gasteiger partial charge is 0.396 e. The number of nitrogens with two attached hydrogens (primary N) is 2. The van der Waals surface area contributed by atoms with Crippen LogP contribution in [0.1, 0.15) is 26.3 Å². The number of hydrogen-bond donors (Lipinski definition) is 3. The lowest BCUT2D eigenvalue weighted by atomic mass is 9.97. The molecular formula is C10H12N2O3. The molecule has 5 heteroatoms. The Bertz CT molecular complexity index is 369. The van der Waals surface area contributed by atoms with Gasteiger partial charge in [0.25, 0.3) is 0 Å². The van der Waals surface area contributed by atoms with Crippen LogP contribution < -0.4 is 11.5 Å². The zero-order chi connectivity index (χ0) is 11.4. The molecule has 0 aliphatic heterocycles. The van der Waals surface area contributed by atoms with Crippen molar-refractivity contribution in [2.24, 2.45) is 11.5 Å². The summed E-state index contributed by atoms with van der Waals surface area (Å²) in [4.78, 5) is 22.1. The molecule has 0 aromatic heterocycles. The molecule has 2 amide bonds. The molecule has 0 heterocycles. The van der Waals surface area contributed by atoms with E-state index < -0.39 is 11.8 Å². The second kappa shape index (κ2) is 4.56. The van der Waals surface area contributed by atoms with Gasteiger partial charge in [0.1, 0.15) is 0 Å². The topological polar surface area (TPSA) is 106 Å². The molecule has 80 valence electrons. The Balaban J connectivity index is 3.34. The molecule has 0 aliphatic rings. The van der Waals surface area contributed by atoms with Crippen LogP contribution in [0.2, 0.25) is 0 Å². The van der Waals surface area contributed by atoms with E-state index in [9.17, 15) is 9.59 Å². The third kappa shape index (κ3) is 2.32. The van der Waals surface area contributed by atoms with E-state index in [4.69, 9.17) is 16.6 Å². The lowest BCUT2D eigenvalue weighted by Gasteiger charge is -2.09. The molecule has 1 aromatic rings. The number of primary amides is 2. The maximum absolute atomic E-state index is 11.1. The summed E-state index contributed by atoms with van der Waals surface area (Å²) in [5, 5.41) is 8.83. The summed E-state index contributed by atoms with van der Waals surface area (Å²) in [6.45, 7) is -0.176. The monoisotopic (exact) mass is 208 g/mol. The zero-order valence-corrected chi connectivity index (χ0v) is 8.06. The average molecular weight is 208 g/mol. The molecule has 15 heavy (non-hydrogen) atoms. The van der Waals surface area contributed by atoms with Gasteiger partial charge in [0, 0.05) is 17.7 Å². The first-order chi connectivity index (χ1) is 7.07. The Labute approximate surface area is 86.7 Å². The third-order valence-electron chi connectivity index (χ3n) is 2.07. The molecule has 1 aromatic carbocycles. The van der Waals surface area contributed by atoms with Gasteiger partial charge in [0.2, 0.25) is 11.8 Å². The first-order valence-electron chi connectivity index (χ1n) is 4.40. The second-order valence-electron chi connectivity index (χ2n) is 3.03. The molecule has 1 rings (SSSR count). The molecule has 0 unspecified atom stereocenters.